The Balaban J connectivity index is 2.18. The first-order chi connectivity index (χ1) is 9.08. The van der Waals surface area contributed by atoms with Crippen molar-refractivity contribution in [3.8, 4) is 0 Å². The van der Waals surface area contributed by atoms with Crippen LogP contribution in [0.5, 0.6) is 0 Å². The van der Waals surface area contributed by atoms with Gasteiger partial charge in [-0.25, -0.2) is 0 Å². The molecule has 5 nitrogen and oxygen atoms in total. The van der Waals surface area contributed by atoms with Crippen molar-refractivity contribution in [1.29, 1.82) is 0 Å². The Bertz CT molecular complexity index is 914. The van der Waals surface area contributed by atoms with Crippen molar-refractivity contribution in [1.82, 2.24) is 4.57 Å². The lowest BCUT2D eigenvalue weighted by atomic mass is 10.2. The third kappa shape index (κ3) is 1.67. The molecule has 0 unspecified atom stereocenters. The van der Waals surface area contributed by atoms with E-state index in [1.165, 1.54) is 10.6 Å². The zero-order valence-electron chi connectivity index (χ0n) is 10.1. The van der Waals surface area contributed by atoms with Crippen molar-refractivity contribution < 1.29 is 0 Å². The van der Waals surface area contributed by atoms with Crippen LogP contribution in [0, 0.1) is 0 Å². The van der Waals surface area contributed by atoms with E-state index in [-0.39, 0.29) is 16.9 Å². The number of para-hydroxylation sites is 1. The number of rotatable bonds is 2. The van der Waals surface area contributed by atoms with Gasteiger partial charge in [0.1, 0.15) is 5.69 Å². The number of aryl methyl sites for hydroxylation is 1. The second-order valence-electron chi connectivity index (χ2n) is 4.36. The molecule has 0 aliphatic heterocycles. The van der Waals surface area contributed by atoms with Gasteiger partial charge in [0, 0.05) is 18.5 Å². The highest BCUT2D eigenvalue weighted by atomic mass is 16.2. The lowest BCUT2D eigenvalue weighted by Gasteiger charge is -2.10. The number of nitrogens with one attached hydrogen (secondary N) is 1. The summed E-state index contributed by atoms with van der Waals surface area (Å²) in [7, 11) is 1.66. The first-order valence-electron chi connectivity index (χ1n) is 5.74. The summed E-state index contributed by atoms with van der Waals surface area (Å²) in [6.07, 6.45) is 0. The Morgan fingerprint density at radius 3 is 2.42 bits per heavy atom. The molecule has 2 aromatic carbocycles. The molecule has 0 aliphatic carbocycles. The van der Waals surface area contributed by atoms with Crippen LogP contribution in [-0.4, -0.2) is 4.57 Å². The van der Waals surface area contributed by atoms with Crippen LogP contribution in [-0.2, 0) is 7.05 Å². The number of anilines is 2. The number of hydrogen-bond acceptors (Lipinski definition) is 4. The number of pyridine rings is 1. The maximum Gasteiger partial charge on any atom is 0.274 e. The molecule has 1 heterocycles. The summed E-state index contributed by atoms with van der Waals surface area (Å²) < 4.78 is 1.50. The third-order valence-electron chi connectivity index (χ3n) is 3.15. The van der Waals surface area contributed by atoms with Gasteiger partial charge >= 0.3 is 0 Å². The van der Waals surface area contributed by atoms with Crippen molar-refractivity contribution >= 4 is 22.3 Å². The van der Waals surface area contributed by atoms with Crippen molar-refractivity contribution in [2.45, 2.75) is 0 Å². The molecule has 3 aromatic rings. The van der Waals surface area contributed by atoms with Gasteiger partial charge in [-0.15, -0.1) is 0 Å². The quantitative estimate of drug-likeness (QED) is 0.689. The Morgan fingerprint density at radius 1 is 1.00 bits per heavy atom. The van der Waals surface area contributed by atoms with E-state index in [1.54, 1.807) is 13.1 Å². The van der Waals surface area contributed by atoms with Crippen molar-refractivity contribution in [2.24, 2.45) is 7.05 Å². The molecule has 0 bridgehead atoms. The second kappa shape index (κ2) is 3.91. The lowest BCUT2D eigenvalue weighted by Crippen LogP contribution is -2.32. The Labute approximate surface area is 107 Å². The van der Waals surface area contributed by atoms with E-state index in [9.17, 15) is 14.4 Å². The molecule has 94 valence electrons. The minimum Gasteiger partial charge on any atom is -0.348 e. The van der Waals surface area contributed by atoms with Gasteiger partial charge in [-0.2, -0.15) is 0 Å². The second-order valence-corrected chi connectivity index (χ2v) is 4.36. The van der Waals surface area contributed by atoms with E-state index in [4.69, 9.17) is 0 Å². The van der Waals surface area contributed by atoms with Crippen LogP contribution in [0.4, 0.5) is 11.4 Å². The summed E-state index contributed by atoms with van der Waals surface area (Å²) in [5, 5.41) is 3.60. The predicted octanol–water partition coefficient (Wildman–Crippen LogP) is 0.878. The maximum atomic E-state index is 12.1. The summed E-state index contributed by atoms with van der Waals surface area (Å²) in [5.74, 6) is 0. The average molecular weight is 254 g/mol. The van der Waals surface area contributed by atoms with Crippen molar-refractivity contribution in [3.63, 3.8) is 0 Å². The van der Waals surface area contributed by atoms with E-state index in [1.807, 2.05) is 24.3 Å². The van der Waals surface area contributed by atoms with E-state index in [0.717, 1.165) is 10.9 Å². The minimum absolute atomic E-state index is 0.164. The van der Waals surface area contributed by atoms with E-state index >= 15 is 0 Å². The van der Waals surface area contributed by atoms with Crippen molar-refractivity contribution in [2.75, 3.05) is 5.32 Å². The smallest absolute Gasteiger partial charge is 0.274 e. The molecule has 5 heteroatoms. The highest BCUT2D eigenvalue weighted by Gasteiger charge is 2.12. The standard InChI is InChI=1S/C14H10N2O3/c1-16-11-5-3-2-4-8(11)6-10(14(16)19)15-9-7-12(17)13(9)18/h2-7,15H,1H3. The molecule has 0 amide bonds. The molecular weight excluding hydrogens is 244 g/mol. The van der Waals surface area contributed by atoms with Gasteiger partial charge in [0.05, 0.1) is 11.2 Å². The van der Waals surface area contributed by atoms with Crippen LogP contribution in [0.25, 0.3) is 10.9 Å². The normalized spacial score (nSPS) is 11.0. The minimum atomic E-state index is -0.588. The summed E-state index contributed by atoms with van der Waals surface area (Å²) in [6.45, 7) is 0. The summed E-state index contributed by atoms with van der Waals surface area (Å²) >= 11 is 0. The number of benzene rings is 1. The van der Waals surface area contributed by atoms with Gasteiger partial charge in [0.25, 0.3) is 5.56 Å². The van der Waals surface area contributed by atoms with Gasteiger partial charge in [-0.05, 0) is 12.1 Å². The Kier molecular flexibility index (Phi) is 2.35. The zero-order chi connectivity index (χ0) is 13.6. The van der Waals surface area contributed by atoms with Crippen molar-refractivity contribution in [3.05, 3.63) is 67.2 Å². The van der Waals surface area contributed by atoms with E-state index in [0.29, 0.717) is 0 Å². The van der Waals surface area contributed by atoms with Crippen LogP contribution in [0.2, 0.25) is 0 Å². The SMILES string of the molecule is Cn1c(=O)c(Nc2cc(=O)c2=O)cc2ccccc21. The van der Waals surface area contributed by atoms with Gasteiger partial charge in [-0.1, -0.05) is 18.2 Å². The average Bonchev–Trinajstić information content (AvgIpc) is 2.43. The molecule has 0 atom stereocenters. The van der Waals surface area contributed by atoms with Crippen LogP contribution in [0.1, 0.15) is 0 Å². The number of hydrogen-bond donors (Lipinski definition) is 1. The fraction of sp³-hybridized carbons (Fsp3) is 0.0714. The Morgan fingerprint density at radius 2 is 1.74 bits per heavy atom. The first-order valence-corrected chi connectivity index (χ1v) is 5.74. The molecule has 0 saturated carbocycles. The van der Waals surface area contributed by atoms with Crippen LogP contribution < -0.4 is 21.7 Å². The highest BCUT2D eigenvalue weighted by Crippen LogP contribution is 2.16. The maximum absolute atomic E-state index is 12.1. The number of fused-ring (bicyclic) bond motifs is 1. The molecule has 0 fully saturated rings. The number of nitrogens with zero attached hydrogens (tertiary/aromatic N) is 1. The molecule has 0 spiro atoms. The largest absolute Gasteiger partial charge is 0.348 e. The molecule has 0 saturated heterocycles. The Hall–Kier alpha value is -2.69. The molecule has 0 radical (unpaired) electrons. The van der Waals surface area contributed by atoms with Crippen LogP contribution >= 0.6 is 0 Å². The monoisotopic (exact) mass is 254 g/mol. The first kappa shape index (κ1) is 11.4. The van der Waals surface area contributed by atoms with Crippen LogP contribution in [0.3, 0.4) is 0 Å². The van der Waals surface area contributed by atoms with E-state index < -0.39 is 10.9 Å². The summed E-state index contributed by atoms with van der Waals surface area (Å²) in [5.41, 5.74) is -0.115. The predicted molar refractivity (Wildman–Crippen MR) is 73.8 cm³/mol. The van der Waals surface area contributed by atoms with Gasteiger partial charge < -0.3 is 9.88 Å². The number of aromatic nitrogens is 1. The highest BCUT2D eigenvalue weighted by molar-refractivity contribution is 5.83. The van der Waals surface area contributed by atoms with Crippen LogP contribution in [0.15, 0.2) is 50.8 Å². The van der Waals surface area contributed by atoms with Gasteiger partial charge in [0.15, 0.2) is 0 Å². The molecule has 3 rings (SSSR count). The fourth-order valence-electron chi connectivity index (χ4n) is 2.07. The molecule has 0 aliphatic rings. The third-order valence-corrected chi connectivity index (χ3v) is 3.15. The molecule has 1 N–H and O–H groups in total. The summed E-state index contributed by atoms with van der Waals surface area (Å²) in [6, 6.07) is 10.3. The molecule has 19 heavy (non-hydrogen) atoms. The topological polar surface area (TPSA) is 68.2 Å². The fourth-order valence-corrected chi connectivity index (χ4v) is 2.07. The summed E-state index contributed by atoms with van der Waals surface area (Å²) in [4.78, 5) is 34.2. The molecular formula is C14H10N2O3. The van der Waals surface area contributed by atoms with Gasteiger partial charge in [-0.3, -0.25) is 14.4 Å². The lowest BCUT2D eigenvalue weighted by molar-refractivity contribution is 0.908. The van der Waals surface area contributed by atoms with Gasteiger partial charge in [0.2, 0.25) is 10.9 Å². The zero-order valence-corrected chi connectivity index (χ0v) is 10.1. The van der Waals surface area contributed by atoms with E-state index in [2.05, 4.69) is 5.32 Å². The molecule has 1 aromatic heterocycles.